The Balaban J connectivity index is 1.86. The van der Waals surface area contributed by atoms with Crippen molar-refractivity contribution in [3.8, 4) is 0 Å². The Hall–Kier alpha value is -1.15. The number of thiazole rings is 1. The highest BCUT2D eigenvalue weighted by Gasteiger charge is 2.45. The molecular formula is C16H28N4O2S2. The van der Waals surface area contributed by atoms with Gasteiger partial charge >= 0.3 is 0 Å². The zero-order chi connectivity index (χ0) is 17.8. The summed E-state index contributed by atoms with van der Waals surface area (Å²) in [7, 11) is -2.95. The van der Waals surface area contributed by atoms with Crippen LogP contribution in [0.1, 0.15) is 35.3 Å². The summed E-state index contributed by atoms with van der Waals surface area (Å²) in [6.07, 6.45) is 4.05. The molecular weight excluding hydrogens is 344 g/mol. The predicted octanol–water partition coefficient (Wildman–Crippen LogP) is 1.68. The predicted molar refractivity (Wildman–Crippen MR) is 101 cm³/mol. The molecule has 8 heteroatoms. The van der Waals surface area contributed by atoms with Crippen molar-refractivity contribution < 1.29 is 8.42 Å². The summed E-state index contributed by atoms with van der Waals surface area (Å²) in [4.78, 5) is 10.4. The summed E-state index contributed by atoms with van der Waals surface area (Å²) in [6, 6.07) is 0. The molecule has 0 atom stereocenters. The van der Waals surface area contributed by atoms with Gasteiger partial charge in [-0.05, 0) is 33.6 Å². The molecule has 1 aliphatic rings. The van der Waals surface area contributed by atoms with Crippen LogP contribution in [0.2, 0.25) is 0 Å². The van der Waals surface area contributed by atoms with Crippen LogP contribution in [0.3, 0.4) is 0 Å². The van der Waals surface area contributed by atoms with Crippen LogP contribution in [0.5, 0.6) is 0 Å². The first-order valence-corrected chi connectivity index (χ1v) is 11.2. The van der Waals surface area contributed by atoms with Crippen LogP contribution < -0.4 is 10.6 Å². The summed E-state index contributed by atoms with van der Waals surface area (Å²) in [5.74, 6) is 0.989. The number of sulfone groups is 1. The zero-order valence-corrected chi connectivity index (χ0v) is 16.6. The van der Waals surface area contributed by atoms with Gasteiger partial charge < -0.3 is 10.6 Å². The van der Waals surface area contributed by atoms with Crippen molar-refractivity contribution in [2.75, 3.05) is 31.6 Å². The molecule has 136 valence electrons. The average molecular weight is 373 g/mol. The fraction of sp³-hybridized carbons (Fsp3) is 0.750. The number of aromatic nitrogens is 1. The maximum atomic E-state index is 11.5. The summed E-state index contributed by atoms with van der Waals surface area (Å²) in [5, 5.41) is 7.67. The number of guanidine groups is 1. The lowest BCUT2D eigenvalue weighted by Crippen LogP contribution is -2.39. The van der Waals surface area contributed by atoms with Crippen LogP contribution in [0.15, 0.2) is 4.99 Å². The minimum Gasteiger partial charge on any atom is -0.357 e. The maximum Gasteiger partial charge on any atom is 0.191 e. The molecule has 0 spiro atoms. The Kier molecular flexibility index (Phi) is 6.25. The van der Waals surface area contributed by atoms with Gasteiger partial charge in [-0.1, -0.05) is 0 Å². The Morgan fingerprint density at radius 2 is 2.04 bits per heavy atom. The molecule has 1 aliphatic carbocycles. The van der Waals surface area contributed by atoms with E-state index in [1.807, 2.05) is 13.8 Å². The van der Waals surface area contributed by atoms with Crippen molar-refractivity contribution in [1.29, 1.82) is 0 Å². The fourth-order valence-corrected chi connectivity index (χ4v) is 5.03. The molecule has 2 rings (SSSR count). The van der Waals surface area contributed by atoms with Crippen LogP contribution in [0, 0.1) is 19.3 Å². The summed E-state index contributed by atoms with van der Waals surface area (Å²) < 4.78 is 23.1. The van der Waals surface area contributed by atoms with Crippen LogP contribution >= 0.6 is 11.3 Å². The molecule has 1 aromatic rings. The monoisotopic (exact) mass is 372 g/mol. The lowest BCUT2D eigenvalue weighted by Gasteiger charge is -2.14. The molecule has 24 heavy (non-hydrogen) atoms. The SMILES string of the molecule is CCNC(=NCC1(CS(C)(=O)=O)CC1)NCCc1nc(C)c(C)s1. The quantitative estimate of drug-likeness (QED) is 0.536. The third kappa shape index (κ3) is 6.05. The van der Waals surface area contributed by atoms with Crippen molar-refractivity contribution in [3.63, 3.8) is 0 Å². The smallest absolute Gasteiger partial charge is 0.191 e. The van der Waals surface area contributed by atoms with E-state index in [9.17, 15) is 8.42 Å². The number of aliphatic imine (C=N–C) groups is 1. The number of aryl methyl sites for hydroxylation is 2. The Labute approximate surface area is 149 Å². The van der Waals surface area contributed by atoms with Gasteiger partial charge in [0.15, 0.2) is 5.96 Å². The lowest BCUT2D eigenvalue weighted by atomic mass is 10.1. The molecule has 2 N–H and O–H groups in total. The van der Waals surface area contributed by atoms with E-state index in [1.165, 1.54) is 11.1 Å². The van der Waals surface area contributed by atoms with E-state index >= 15 is 0 Å². The molecule has 0 saturated heterocycles. The van der Waals surface area contributed by atoms with Gasteiger partial charge in [-0.3, -0.25) is 4.99 Å². The first-order chi connectivity index (χ1) is 11.2. The fourth-order valence-electron chi connectivity index (χ4n) is 2.60. The highest BCUT2D eigenvalue weighted by atomic mass is 32.2. The normalized spacial score (nSPS) is 16.9. The average Bonchev–Trinajstić information content (AvgIpc) is 3.14. The zero-order valence-electron chi connectivity index (χ0n) is 15.0. The largest absolute Gasteiger partial charge is 0.357 e. The summed E-state index contributed by atoms with van der Waals surface area (Å²) in [5.41, 5.74) is 0.964. The Morgan fingerprint density at radius 3 is 2.54 bits per heavy atom. The van der Waals surface area contributed by atoms with Gasteiger partial charge in [0.2, 0.25) is 0 Å². The van der Waals surface area contributed by atoms with Crippen molar-refractivity contribution in [1.82, 2.24) is 15.6 Å². The minimum atomic E-state index is -2.95. The number of hydrogen-bond acceptors (Lipinski definition) is 5. The van der Waals surface area contributed by atoms with E-state index < -0.39 is 9.84 Å². The first-order valence-electron chi connectivity index (χ1n) is 8.36. The third-order valence-corrected chi connectivity index (χ3v) is 6.42. The number of hydrogen-bond donors (Lipinski definition) is 2. The second kappa shape index (κ2) is 7.82. The van der Waals surface area contributed by atoms with E-state index in [4.69, 9.17) is 0 Å². The van der Waals surface area contributed by atoms with Crippen LogP contribution in [-0.4, -0.2) is 51.0 Å². The third-order valence-electron chi connectivity index (χ3n) is 4.15. The van der Waals surface area contributed by atoms with E-state index in [0.29, 0.717) is 6.54 Å². The van der Waals surface area contributed by atoms with Gasteiger partial charge in [0, 0.05) is 42.6 Å². The van der Waals surface area contributed by atoms with Gasteiger partial charge in [0.25, 0.3) is 0 Å². The highest BCUT2D eigenvalue weighted by molar-refractivity contribution is 7.90. The molecule has 0 aliphatic heterocycles. The number of nitrogens with zero attached hydrogens (tertiary/aromatic N) is 2. The van der Waals surface area contributed by atoms with Crippen molar-refractivity contribution in [2.24, 2.45) is 10.4 Å². The second-order valence-electron chi connectivity index (χ2n) is 6.69. The van der Waals surface area contributed by atoms with Crippen LogP contribution in [0.4, 0.5) is 0 Å². The topological polar surface area (TPSA) is 83.5 Å². The van der Waals surface area contributed by atoms with Crippen molar-refractivity contribution in [3.05, 3.63) is 15.6 Å². The molecule has 1 aromatic heterocycles. The molecule has 0 bridgehead atoms. The number of rotatable bonds is 8. The maximum absolute atomic E-state index is 11.5. The molecule has 1 saturated carbocycles. The van der Waals surface area contributed by atoms with Crippen LogP contribution in [0.25, 0.3) is 0 Å². The van der Waals surface area contributed by atoms with Gasteiger partial charge in [-0.2, -0.15) is 0 Å². The Morgan fingerprint density at radius 1 is 1.33 bits per heavy atom. The first kappa shape index (κ1) is 19.2. The molecule has 0 amide bonds. The molecule has 0 radical (unpaired) electrons. The van der Waals surface area contributed by atoms with E-state index in [-0.39, 0.29) is 11.2 Å². The van der Waals surface area contributed by atoms with Crippen molar-refractivity contribution >= 4 is 27.1 Å². The van der Waals surface area contributed by atoms with Gasteiger partial charge in [-0.15, -0.1) is 11.3 Å². The van der Waals surface area contributed by atoms with Gasteiger partial charge in [0.1, 0.15) is 9.84 Å². The van der Waals surface area contributed by atoms with Crippen LogP contribution in [-0.2, 0) is 16.3 Å². The summed E-state index contributed by atoms with van der Waals surface area (Å²) >= 11 is 1.74. The minimum absolute atomic E-state index is 0.139. The van der Waals surface area contributed by atoms with Gasteiger partial charge in [0.05, 0.1) is 16.5 Å². The van der Waals surface area contributed by atoms with E-state index in [0.717, 1.165) is 49.0 Å². The second-order valence-corrected chi connectivity index (χ2v) is 10.1. The molecule has 1 heterocycles. The lowest BCUT2D eigenvalue weighted by molar-refractivity contribution is 0.550. The number of nitrogens with one attached hydrogen (secondary N) is 2. The Bertz CT molecular complexity index is 671. The standard InChI is InChI=1S/C16H28N4O2S2/c1-5-17-15(18-9-6-14-20-12(2)13(3)23-14)19-10-16(7-8-16)11-24(4,21)22/h5-11H2,1-4H3,(H2,17,18,19). The molecule has 6 nitrogen and oxygen atoms in total. The highest BCUT2D eigenvalue weighted by Crippen LogP contribution is 2.46. The van der Waals surface area contributed by atoms with Gasteiger partial charge in [-0.25, -0.2) is 13.4 Å². The molecule has 0 aromatic carbocycles. The van der Waals surface area contributed by atoms with E-state index in [1.54, 1.807) is 11.3 Å². The molecule has 1 fully saturated rings. The summed E-state index contributed by atoms with van der Waals surface area (Å²) in [6.45, 7) is 8.24. The molecule has 0 unspecified atom stereocenters. The van der Waals surface area contributed by atoms with E-state index in [2.05, 4.69) is 27.5 Å². The van der Waals surface area contributed by atoms with Crippen molar-refractivity contribution in [2.45, 2.75) is 40.0 Å².